The van der Waals surface area contributed by atoms with Gasteiger partial charge in [0.1, 0.15) is 0 Å². The molecule has 0 fully saturated rings. The van der Waals surface area contributed by atoms with E-state index in [1.165, 1.54) is 5.56 Å². The van der Waals surface area contributed by atoms with Gasteiger partial charge in [-0.25, -0.2) is 0 Å². The van der Waals surface area contributed by atoms with Crippen LogP contribution in [0, 0.1) is 0 Å². The highest BCUT2D eigenvalue weighted by Crippen LogP contribution is 2.33. The summed E-state index contributed by atoms with van der Waals surface area (Å²) in [4.78, 5) is 0.229. The first kappa shape index (κ1) is 8.27. The lowest BCUT2D eigenvalue weighted by atomic mass is 9.89. The summed E-state index contributed by atoms with van der Waals surface area (Å²) in [5, 5.41) is 9.78. The summed E-state index contributed by atoms with van der Waals surface area (Å²) < 4.78 is 0. The number of aryl methyl sites for hydroxylation is 1. The molecule has 0 aromatic heterocycles. The van der Waals surface area contributed by atoms with Crippen LogP contribution in [-0.2, 0) is 6.42 Å². The maximum absolute atomic E-state index is 9.78. The first-order valence-corrected chi connectivity index (χ1v) is 5.10. The molecular formula is C10H11BrO. The molecule has 1 N–H and O–H groups in total. The van der Waals surface area contributed by atoms with Crippen molar-refractivity contribution < 1.29 is 5.11 Å². The highest BCUT2D eigenvalue weighted by Gasteiger charge is 2.24. The van der Waals surface area contributed by atoms with Crippen LogP contribution in [0.3, 0.4) is 0 Å². The third-order valence-electron chi connectivity index (χ3n) is 2.41. The average molecular weight is 227 g/mol. The van der Waals surface area contributed by atoms with Crippen molar-refractivity contribution >= 4 is 15.9 Å². The fourth-order valence-corrected chi connectivity index (χ4v) is 2.21. The van der Waals surface area contributed by atoms with E-state index in [1.54, 1.807) is 0 Å². The van der Waals surface area contributed by atoms with Crippen LogP contribution >= 0.6 is 15.9 Å². The van der Waals surface area contributed by atoms with Gasteiger partial charge in [-0.15, -0.1) is 0 Å². The van der Waals surface area contributed by atoms with E-state index in [0.717, 1.165) is 18.4 Å². The number of hydrogen-bond acceptors (Lipinski definition) is 1. The van der Waals surface area contributed by atoms with E-state index < -0.39 is 0 Å². The Morgan fingerprint density at radius 1 is 1.33 bits per heavy atom. The van der Waals surface area contributed by atoms with E-state index in [4.69, 9.17) is 0 Å². The number of aliphatic hydroxyl groups is 1. The van der Waals surface area contributed by atoms with E-state index in [9.17, 15) is 5.11 Å². The summed E-state index contributed by atoms with van der Waals surface area (Å²) in [5.74, 6) is 0. The van der Waals surface area contributed by atoms with Crippen molar-refractivity contribution in [2.75, 3.05) is 0 Å². The Bertz CT molecular complexity index is 285. The predicted molar refractivity (Wildman–Crippen MR) is 52.4 cm³/mol. The second-order valence-corrected chi connectivity index (χ2v) is 4.37. The van der Waals surface area contributed by atoms with Gasteiger partial charge in [-0.2, -0.15) is 0 Å². The average Bonchev–Trinajstić information content (AvgIpc) is 2.12. The lowest BCUT2D eigenvalue weighted by molar-refractivity contribution is 0.165. The molecule has 1 aliphatic carbocycles. The molecule has 2 rings (SSSR count). The highest BCUT2D eigenvalue weighted by molar-refractivity contribution is 9.09. The number of halogens is 1. The smallest absolute Gasteiger partial charge is 0.0917 e. The van der Waals surface area contributed by atoms with Crippen molar-refractivity contribution in [2.24, 2.45) is 0 Å². The van der Waals surface area contributed by atoms with Crippen molar-refractivity contribution in [2.45, 2.75) is 23.8 Å². The van der Waals surface area contributed by atoms with E-state index in [0.29, 0.717) is 0 Å². The molecule has 64 valence electrons. The van der Waals surface area contributed by atoms with Crippen molar-refractivity contribution in [3.63, 3.8) is 0 Å². The molecule has 0 bridgehead atoms. The van der Waals surface area contributed by atoms with E-state index in [1.807, 2.05) is 18.2 Å². The molecule has 2 heteroatoms. The topological polar surface area (TPSA) is 20.2 Å². The lowest BCUT2D eigenvalue weighted by Gasteiger charge is -2.25. The fourth-order valence-electron chi connectivity index (χ4n) is 1.70. The highest BCUT2D eigenvalue weighted by atomic mass is 79.9. The number of hydrogen-bond donors (Lipinski definition) is 1. The maximum Gasteiger partial charge on any atom is 0.0917 e. The molecule has 1 aliphatic rings. The molecule has 1 nitrogen and oxygen atoms in total. The summed E-state index contributed by atoms with van der Waals surface area (Å²) >= 11 is 3.47. The summed E-state index contributed by atoms with van der Waals surface area (Å²) in [7, 11) is 0. The van der Waals surface area contributed by atoms with Crippen LogP contribution in [0.2, 0.25) is 0 Å². The van der Waals surface area contributed by atoms with E-state index in [-0.39, 0.29) is 10.9 Å². The van der Waals surface area contributed by atoms with Gasteiger partial charge in [0, 0.05) is 4.83 Å². The first-order chi connectivity index (χ1) is 5.79. The minimum Gasteiger partial charge on any atom is -0.387 e. The fraction of sp³-hybridized carbons (Fsp3) is 0.400. The Hall–Kier alpha value is -0.340. The zero-order valence-electron chi connectivity index (χ0n) is 6.70. The van der Waals surface area contributed by atoms with Gasteiger partial charge in [-0.3, -0.25) is 0 Å². The molecule has 0 aliphatic heterocycles. The molecule has 0 amide bonds. The monoisotopic (exact) mass is 226 g/mol. The minimum atomic E-state index is -0.324. The van der Waals surface area contributed by atoms with Gasteiger partial charge >= 0.3 is 0 Å². The third kappa shape index (κ3) is 1.29. The van der Waals surface area contributed by atoms with Crippen LogP contribution < -0.4 is 0 Å². The molecule has 0 saturated heterocycles. The summed E-state index contributed by atoms with van der Waals surface area (Å²) in [6.45, 7) is 0. The van der Waals surface area contributed by atoms with Crippen LogP contribution in [0.25, 0.3) is 0 Å². The van der Waals surface area contributed by atoms with Crippen LogP contribution in [0.15, 0.2) is 24.3 Å². The number of alkyl halides is 1. The predicted octanol–water partition coefficient (Wildman–Crippen LogP) is 2.43. The second-order valence-electron chi connectivity index (χ2n) is 3.20. The van der Waals surface area contributed by atoms with Crippen LogP contribution in [0.4, 0.5) is 0 Å². The third-order valence-corrected chi connectivity index (χ3v) is 3.36. The van der Waals surface area contributed by atoms with Gasteiger partial charge < -0.3 is 5.11 Å². The van der Waals surface area contributed by atoms with Crippen LogP contribution in [-0.4, -0.2) is 9.93 Å². The molecule has 0 radical (unpaired) electrons. The second kappa shape index (κ2) is 3.19. The quantitative estimate of drug-likeness (QED) is 0.675. The molecule has 0 unspecified atom stereocenters. The maximum atomic E-state index is 9.78. The lowest BCUT2D eigenvalue weighted by Crippen LogP contribution is -2.19. The Kier molecular flexibility index (Phi) is 2.20. The summed E-state index contributed by atoms with van der Waals surface area (Å²) in [6.07, 6.45) is 1.77. The van der Waals surface area contributed by atoms with E-state index >= 15 is 0 Å². The van der Waals surface area contributed by atoms with Crippen LogP contribution in [0.1, 0.15) is 23.7 Å². The molecule has 12 heavy (non-hydrogen) atoms. The molecule has 1 aromatic rings. The van der Waals surface area contributed by atoms with Crippen LogP contribution in [0.5, 0.6) is 0 Å². The van der Waals surface area contributed by atoms with Gasteiger partial charge in [0.15, 0.2) is 0 Å². The normalized spacial score (nSPS) is 28.2. The van der Waals surface area contributed by atoms with Gasteiger partial charge in [0.05, 0.1) is 6.10 Å². The van der Waals surface area contributed by atoms with E-state index in [2.05, 4.69) is 22.0 Å². The van der Waals surface area contributed by atoms with Crippen molar-refractivity contribution in [1.29, 1.82) is 0 Å². The van der Waals surface area contributed by atoms with Crippen molar-refractivity contribution in [3.8, 4) is 0 Å². The number of fused-ring (bicyclic) bond motifs is 1. The Morgan fingerprint density at radius 3 is 2.92 bits per heavy atom. The molecule has 0 saturated carbocycles. The van der Waals surface area contributed by atoms with Gasteiger partial charge in [-0.05, 0) is 24.0 Å². The Labute approximate surface area is 80.5 Å². The summed E-state index contributed by atoms with van der Waals surface area (Å²) in [6, 6.07) is 8.11. The van der Waals surface area contributed by atoms with Crippen molar-refractivity contribution in [3.05, 3.63) is 35.4 Å². The molecule has 0 spiro atoms. The zero-order chi connectivity index (χ0) is 8.55. The number of benzene rings is 1. The number of aliphatic hydroxyl groups excluding tert-OH is 1. The standard InChI is InChI=1S/C10H11BrO/c11-9-6-5-7-3-1-2-4-8(7)10(9)12/h1-4,9-10,12H,5-6H2/t9-,10-/m0/s1. The van der Waals surface area contributed by atoms with Gasteiger partial charge in [-0.1, -0.05) is 40.2 Å². The Morgan fingerprint density at radius 2 is 2.08 bits per heavy atom. The molecular weight excluding hydrogens is 216 g/mol. The summed E-state index contributed by atoms with van der Waals surface area (Å²) in [5.41, 5.74) is 2.38. The largest absolute Gasteiger partial charge is 0.387 e. The van der Waals surface area contributed by atoms with Crippen molar-refractivity contribution in [1.82, 2.24) is 0 Å². The molecule has 0 heterocycles. The zero-order valence-corrected chi connectivity index (χ0v) is 8.29. The first-order valence-electron chi connectivity index (χ1n) is 4.19. The van der Waals surface area contributed by atoms with Gasteiger partial charge in [0.2, 0.25) is 0 Å². The SMILES string of the molecule is O[C@H]1c2ccccc2CC[C@@H]1Br. The Balaban J connectivity index is 2.42. The molecule has 2 atom stereocenters. The molecule has 1 aromatic carbocycles. The number of rotatable bonds is 0. The van der Waals surface area contributed by atoms with Gasteiger partial charge in [0.25, 0.3) is 0 Å². The minimum absolute atomic E-state index is 0.229.